The minimum atomic E-state index is 0.194. The first-order valence-corrected chi connectivity index (χ1v) is 7.11. The molecule has 2 heterocycles. The average molecular weight is 259 g/mol. The number of hydrogen-bond donors (Lipinski definition) is 3. The first-order chi connectivity index (χ1) is 9.36. The molecule has 0 amide bonds. The van der Waals surface area contributed by atoms with Gasteiger partial charge in [-0.3, -0.25) is 0 Å². The summed E-state index contributed by atoms with van der Waals surface area (Å²) in [6, 6.07) is 0.194. The van der Waals surface area contributed by atoms with E-state index in [1.807, 2.05) is 46.0 Å². The molecular weight excluding hydrogens is 234 g/mol. The summed E-state index contributed by atoms with van der Waals surface area (Å²) in [4.78, 5) is 0. The van der Waals surface area contributed by atoms with Crippen LogP contribution >= 0.6 is 0 Å². The fourth-order valence-electron chi connectivity index (χ4n) is 2.18. The minimum Gasteiger partial charge on any atom is -0.398 e. The van der Waals surface area contributed by atoms with E-state index in [9.17, 15) is 0 Å². The van der Waals surface area contributed by atoms with Crippen molar-refractivity contribution in [2.75, 3.05) is 6.54 Å². The van der Waals surface area contributed by atoms with Crippen LogP contribution in [0.25, 0.3) is 0 Å². The maximum absolute atomic E-state index is 6.02. The zero-order valence-corrected chi connectivity index (χ0v) is 12.3. The third-order valence-electron chi connectivity index (χ3n) is 2.90. The molecule has 1 atom stereocenters. The molecule has 104 valence electrons. The van der Waals surface area contributed by atoms with Gasteiger partial charge in [0.05, 0.1) is 6.04 Å². The highest BCUT2D eigenvalue weighted by Gasteiger charge is 2.27. The SMILES string of the molecule is CC.CC.NC1=CC2=C(NCC=C2)C2NC=CC=C12. The lowest BCUT2D eigenvalue weighted by atomic mass is 9.88. The molecule has 0 aromatic rings. The number of fused-ring (bicyclic) bond motifs is 2. The Morgan fingerprint density at radius 3 is 2.68 bits per heavy atom. The number of dihydropyridines is 2. The lowest BCUT2D eigenvalue weighted by molar-refractivity contribution is 0.664. The Kier molecular flexibility index (Phi) is 6.00. The van der Waals surface area contributed by atoms with Crippen LogP contribution in [0.5, 0.6) is 0 Å². The molecule has 0 aromatic heterocycles. The van der Waals surface area contributed by atoms with Crippen molar-refractivity contribution in [2.24, 2.45) is 5.73 Å². The molecule has 0 spiro atoms. The van der Waals surface area contributed by atoms with Crippen molar-refractivity contribution in [2.45, 2.75) is 33.7 Å². The quantitative estimate of drug-likeness (QED) is 0.627. The first-order valence-electron chi connectivity index (χ1n) is 7.11. The molecule has 1 unspecified atom stereocenters. The number of rotatable bonds is 0. The predicted octanol–water partition coefficient (Wildman–Crippen LogP) is 2.72. The molecule has 3 heteroatoms. The fraction of sp³-hybridized carbons (Fsp3) is 0.375. The van der Waals surface area contributed by atoms with Crippen molar-refractivity contribution in [3.05, 3.63) is 59.1 Å². The van der Waals surface area contributed by atoms with Gasteiger partial charge in [-0.05, 0) is 23.9 Å². The summed E-state index contributed by atoms with van der Waals surface area (Å²) in [6.07, 6.45) is 12.3. The van der Waals surface area contributed by atoms with Gasteiger partial charge in [-0.25, -0.2) is 0 Å². The zero-order chi connectivity index (χ0) is 14.3. The van der Waals surface area contributed by atoms with Crippen molar-refractivity contribution in [1.29, 1.82) is 0 Å². The Labute approximate surface area is 116 Å². The van der Waals surface area contributed by atoms with Crippen LogP contribution in [-0.2, 0) is 0 Å². The van der Waals surface area contributed by atoms with Gasteiger partial charge in [0.1, 0.15) is 0 Å². The molecule has 0 saturated heterocycles. The molecule has 4 N–H and O–H groups in total. The average Bonchev–Trinajstić information content (AvgIpc) is 2.52. The predicted molar refractivity (Wildman–Crippen MR) is 83.3 cm³/mol. The van der Waals surface area contributed by atoms with E-state index in [4.69, 9.17) is 5.73 Å². The van der Waals surface area contributed by atoms with Gasteiger partial charge in [-0.1, -0.05) is 45.9 Å². The summed E-state index contributed by atoms with van der Waals surface area (Å²) in [5.74, 6) is 0. The Morgan fingerprint density at radius 2 is 1.95 bits per heavy atom. The molecule has 0 fully saturated rings. The van der Waals surface area contributed by atoms with Gasteiger partial charge in [-0.15, -0.1) is 0 Å². The molecule has 19 heavy (non-hydrogen) atoms. The maximum atomic E-state index is 6.02. The van der Waals surface area contributed by atoms with Gasteiger partial charge < -0.3 is 16.4 Å². The van der Waals surface area contributed by atoms with E-state index in [-0.39, 0.29) is 6.04 Å². The number of nitrogens with two attached hydrogens (primary N) is 1. The van der Waals surface area contributed by atoms with Crippen LogP contribution in [0.3, 0.4) is 0 Å². The van der Waals surface area contributed by atoms with Gasteiger partial charge in [0.2, 0.25) is 0 Å². The Bertz CT molecular complexity index is 451. The standard InChI is InChI=1S/C12H13N3.2C2H6/c13-10-7-8-3-1-5-14-11(8)12-9(10)4-2-6-15-12;2*1-2/h1-4,6-7,12,14-15H,5,13H2;2*1-2H3. The Balaban J connectivity index is 0.000000415. The molecular formula is C16H25N3. The van der Waals surface area contributed by atoms with Crippen LogP contribution < -0.4 is 16.4 Å². The third-order valence-corrected chi connectivity index (χ3v) is 2.90. The lowest BCUT2D eigenvalue weighted by Crippen LogP contribution is -2.41. The van der Waals surface area contributed by atoms with Crippen LogP contribution in [0.1, 0.15) is 27.7 Å². The van der Waals surface area contributed by atoms with Crippen LogP contribution in [0, 0.1) is 0 Å². The maximum Gasteiger partial charge on any atom is 0.0936 e. The summed E-state index contributed by atoms with van der Waals surface area (Å²) >= 11 is 0. The highest BCUT2D eigenvalue weighted by Crippen LogP contribution is 2.28. The normalized spacial score (nSPS) is 22.0. The number of nitrogens with one attached hydrogen (secondary N) is 2. The van der Waals surface area contributed by atoms with Gasteiger partial charge in [0.25, 0.3) is 0 Å². The summed E-state index contributed by atoms with van der Waals surface area (Å²) in [5.41, 5.74) is 10.4. The van der Waals surface area contributed by atoms with Crippen molar-refractivity contribution in [1.82, 2.24) is 10.6 Å². The second-order valence-electron chi connectivity index (χ2n) is 3.83. The molecule has 3 rings (SSSR count). The third kappa shape index (κ3) is 3.11. The molecule has 0 radical (unpaired) electrons. The molecule has 0 bridgehead atoms. The van der Waals surface area contributed by atoms with Crippen LogP contribution in [-0.4, -0.2) is 12.6 Å². The summed E-state index contributed by atoms with van der Waals surface area (Å²) < 4.78 is 0. The summed E-state index contributed by atoms with van der Waals surface area (Å²) in [5, 5.41) is 6.72. The molecule has 3 nitrogen and oxygen atoms in total. The van der Waals surface area contributed by atoms with Crippen molar-refractivity contribution in [3.8, 4) is 0 Å². The van der Waals surface area contributed by atoms with Gasteiger partial charge in [0.15, 0.2) is 0 Å². The Morgan fingerprint density at radius 1 is 1.21 bits per heavy atom. The van der Waals surface area contributed by atoms with Crippen molar-refractivity contribution >= 4 is 0 Å². The van der Waals surface area contributed by atoms with Crippen molar-refractivity contribution < 1.29 is 0 Å². The van der Waals surface area contributed by atoms with E-state index < -0.39 is 0 Å². The largest absolute Gasteiger partial charge is 0.398 e. The lowest BCUT2D eigenvalue weighted by Gasteiger charge is -2.32. The van der Waals surface area contributed by atoms with Gasteiger partial charge >= 0.3 is 0 Å². The van der Waals surface area contributed by atoms with E-state index in [1.54, 1.807) is 0 Å². The van der Waals surface area contributed by atoms with E-state index in [1.165, 1.54) is 11.3 Å². The van der Waals surface area contributed by atoms with E-state index in [2.05, 4.69) is 28.9 Å². The molecule has 1 aliphatic carbocycles. The molecule has 2 aliphatic heterocycles. The van der Waals surface area contributed by atoms with Gasteiger partial charge in [0, 0.05) is 23.5 Å². The first kappa shape index (κ1) is 15.2. The van der Waals surface area contributed by atoms with Crippen LogP contribution in [0.15, 0.2) is 59.1 Å². The van der Waals surface area contributed by atoms with Crippen LogP contribution in [0.2, 0.25) is 0 Å². The van der Waals surface area contributed by atoms with E-state index >= 15 is 0 Å². The second-order valence-corrected chi connectivity index (χ2v) is 3.83. The number of allylic oxidation sites excluding steroid dienone is 5. The van der Waals surface area contributed by atoms with Crippen LogP contribution in [0.4, 0.5) is 0 Å². The topological polar surface area (TPSA) is 50.1 Å². The zero-order valence-electron chi connectivity index (χ0n) is 12.3. The highest BCUT2D eigenvalue weighted by atomic mass is 15.0. The van der Waals surface area contributed by atoms with Crippen molar-refractivity contribution in [3.63, 3.8) is 0 Å². The van der Waals surface area contributed by atoms with E-state index in [0.717, 1.165) is 17.8 Å². The second kappa shape index (κ2) is 7.52. The number of hydrogen-bond acceptors (Lipinski definition) is 3. The molecule has 0 aromatic carbocycles. The van der Waals surface area contributed by atoms with Gasteiger partial charge in [-0.2, -0.15) is 0 Å². The Hall–Kier alpha value is -1.90. The monoisotopic (exact) mass is 259 g/mol. The summed E-state index contributed by atoms with van der Waals surface area (Å²) in [6.45, 7) is 8.89. The minimum absolute atomic E-state index is 0.194. The highest BCUT2D eigenvalue weighted by molar-refractivity contribution is 5.56. The molecule has 3 aliphatic rings. The summed E-state index contributed by atoms with van der Waals surface area (Å²) in [7, 11) is 0. The smallest absolute Gasteiger partial charge is 0.0936 e. The fourth-order valence-corrected chi connectivity index (χ4v) is 2.18. The van der Waals surface area contributed by atoms with E-state index in [0.29, 0.717) is 0 Å². The molecule has 0 saturated carbocycles.